The lowest BCUT2D eigenvalue weighted by Gasteiger charge is -2.30. The molecular weight excluding hydrogens is 416 g/mol. The summed E-state index contributed by atoms with van der Waals surface area (Å²) in [6.07, 6.45) is 1.13. The lowest BCUT2D eigenvalue weighted by Crippen LogP contribution is -2.49. The number of carbonyl (C=O) groups excluding carboxylic acids is 2. The molecule has 2 unspecified atom stereocenters. The van der Waals surface area contributed by atoms with E-state index in [1.165, 1.54) is 0 Å². The van der Waals surface area contributed by atoms with Gasteiger partial charge in [0.1, 0.15) is 6.04 Å². The molecule has 0 aliphatic carbocycles. The minimum atomic E-state index is -0.546. The van der Waals surface area contributed by atoms with Crippen LogP contribution in [0.5, 0.6) is 0 Å². The first-order valence-electron chi connectivity index (χ1n) is 9.70. The van der Waals surface area contributed by atoms with Crippen molar-refractivity contribution in [1.29, 1.82) is 0 Å². The largest absolute Gasteiger partial charge is 0.352 e. The minimum Gasteiger partial charge on any atom is -0.352 e. The van der Waals surface area contributed by atoms with Gasteiger partial charge < -0.3 is 10.2 Å². The molecule has 4 nitrogen and oxygen atoms in total. The molecule has 2 atom stereocenters. The Balaban J connectivity index is 2.20. The Morgan fingerprint density at radius 1 is 1.00 bits per heavy atom. The van der Waals surface area contributed by atoms with Crippen molar-refractivity contribution in [3.8, 4) is 0 Å². The summed E-state index contributed by atoms with van der Waals surface area (Å²) in [6.45, 7) is 8.21. The second-order valence-electron chi connectivity index (χ2n) is 7.30. The Labute approximate surface area is 176 Å². The molecule has 0 saturated heterocycles. The second kappa shape index (κ2) is 10.4. The molecule has 0 bridgehead atoms. The molecule has 5 heteroatoms. The van der Waals surface area contributed by atoms with Gasteiger partial charge in [0.05, 0.1) is 6.42 Å². The number of aryl methyl sites for hydroxylation is 1. The van der Waals surface area contributed by atoms with Gasteiger partial charge in [-0.05, 0) is 50.5 Å². The summed E-state index contributed by atoms with van der Waals surface area (Å²) in [5.74, 6) is -0.178. The summed E-state index contributed by atoms with van der Waals surface area (Å²) >= 11 is 3.43. The van der Waals surface area contributed by atoms with Gasteiger partial charge in [-0.15, -0.1) is 0 Å². The number of hydrogen-bond donors (Lipinski definition) is 1. The van der Waals surface area contributed by atoms with E-state index in [1.807, 2.05) is 69.3 Å². The van der Waals surface area contributed by atoms with E-state index in [2.05, 4.69) is 21.2 Å². The van der Waals surface area contributed by atoms with Crippen LogP contribution in [0.4, 0.5) is 0 Å². The standard InChI is InChI=1S/C23H29BrN2O2/c1-5-17(3)25-23(28)18(4)26(15-20-10-12-21(24)13-11-20)22(27)14-19-8-6-16(2)7-9-19/h6-13,17-18H,5,14-15H2,1-4H3,(H,25,28). The van der Waals surface area contributed by atoms with E-state index in [0.717, 1.165) is 27.6 Å². The molecular formula is C23H29BrN2O2. The third kappa shape index (κ3) is 6.48. The molecule has 0 aliphatic heterocycles. The van der Waals surface area contributed by atoms with Crippen LogP contribution in [0.3, 0.4) is 0 Å². The van der Waals surface area contributed by atoms with Crippen LogP contribution in [0.15, 0.2) is 53.0 Å². The van der Waals surface area contributed by atoms with E-state index in [9.17, 15) is 9.59 Å². The SMILES string of the molecule is CCC(C)NC(=O)C(C)N(Cc1ccc(Br)cc1)C(=O)Cc1ccc(C)cc1. The highest BCUT2D eigenvalue weighted by atomic mass is 79.9. The van der Waals surface area contributed by atoms with Gasteiger partial charge in [-0.3, -0.25) is 9.59 Å². The highest BCUT2D eigenvalue weighted by molar-refractivity contribution is 9.10. The number of halogens is 1. The van der Waals surface area contributed by atoms with Gasteiger partial charge in [-0.1, -0.05) is 64.8 Å². The molecule has 2 aromatic rings. The number of nitrogens with zero attached hydrogens (tertiary/aromatic N) is 1. The van der Waals surface area contributed by atoms with Crippen LogP contribution in [0, 0.1) is 6.92 Å². The molecule has 2 rings (SSSR count). The van der Waals surface area contributed by atoms with Crippen molar-refractivity contribution < 1.29 is 9.59 Å². The maximum absolute atomic E-state index is 13.1. The van der Waals surface area contributed by atoms with Gasteiger partial charge in [0, 0.05) is 17.1 Å². The molecule has 150 valence electrons. The summed E-state index contributed by atoms with van der Waals surface area (Å²) in [6, 6.07) is 15.3. The van der Waals surface area contributed by atoms with Crippen molar-refractivity contribution in [3.63, 3.8) is 0 Å². The first kappa shape index (κ1) is 22.2. The smallest absolute Gasteiger partial charge is 0.242 e. The monoisotopic (exact) mass is 444 g/mol. The summed E-state index contributed by atoms with van der Waals surface area (Å²) in [5, 5.41) is 2.99. The summed E-state index contributed by atoms with van der Waals surface area (Å²) < 4.78 is 0.983. The Kier molecular flexibility index (Phi) is 8.24. The Morgan fingerprint density at radius 2 is 1.57 bits per heavy atom. The molecule has 0 heterocycles. The number of carbonyl (C=O) groups is 2. The lowest BCUT2D eigenvalue weighted by atomic mass is 10.1. The van der Waals surface area contributed by atoms with Crippen molar-refractivity contribution in [2.24, 2.45) is 0 Å². The topological polar surface area (TPSA) is 49.4 Å². The van der Waals surface area contributed by atoms with Crippen molar-refractivity contribution in [3.05, 3.63) is 69.7 Å². The molecule has 2 aromatic carbocycles. The van der Waals surface area contributed by atoms with Gasteiger partial charge >= 0.3 is 0 Å². The molecule has 0 saturated carbocycles. The maximum atomic E-state index is 13.1. The van der Waals surface area contributed by atoms with E-state index >= 15 is 0 Å². The van der Waals surface area contributed by atoms with E-state index in [4.69, 9.17) is 0 Å². The summed E-state index contributed by atoms with van der Waals surface area (Å²) in [7, 11) is 0. The highest BCUT2D eigenvalue weighted by Gasteiger charge is 2.26. The Morgan fingerprint density at radius 3 is 2.14 bits per heavy atom. The number of rotatable bonds is 8. The van der Waals surface area contributed by atoms with Gasteiger partial charge in [-0.25, -0.2) is 0 Å². The van der Waals surface area contributed by atoms with Crippen molar-refractivity contribution in [2.75, 3.05) is 0 Å². The van der Waals surface area contributed by atoms with Crippen molar-refractivity contribution >= 4 is 27.7 Å². The van der Waals surface area contributed by atoms with Gasteiger partial charge in [0.15, 0.2) is 0 Å². The zero-order chi connectivity index (χ0) is 20.7. The highest BCUT2D eigenvalue weighted by Crippen LogP contribution is 2.16. The molecule has 0 aliphatic rings. The van der Waals surface area contributed by atoms with E-state index in [-0.39, 0.29) is 24.3 Å². The van der Waals surface area contributed by atoms with E-state index < -0.39 is 6.04 Å². The van der Waals surface area contributed by atoms with Gasteiger partial charge in [0.2, 0.25) is 11.8 Å². The molecule has 0 aromatic heterocycles. The van der Waals surface area contributed by atoms with Crippen LogP contribution in [0.25, 0.3) is 0 Å². The van der Waals surface area contributed by atoms with E-state index in [0.29, 0.717) is 6.54 Å². The second-order valence-corrected chi connectivity index (χ2v) is 8.22. The molecule has 0 spiro atoms. The number of nitrogens with one attached hydrogen (secondary N) is 1. The fraction of sp³-hybridized carbons (Fsp3) is 0.391. The third-order valence-electron chi connectivity index (χ3n) is 4.91. The van der Waals surface area contributed by atoms with Crippen LogP contribution >= 0.6 is 15.9 Å². The zero-order valence-electron chi connectivity index (χ0n) is 17.0. The third-order valence-corrected chi connectivity index (χ3v) is 5.44. The van der Waals surface area contributed by atoms with Crippen molar-refractivity contribution in [1.82, 2.24) is 10.2 Å². The quantitative estimate of drug-likeness (QED) is 0.644. The fourth-order valence-corrected chi connectivity index (χ4v) is 3.08. The fourth-order valence-electron chi connectivity index (χ4n) is 2.82. The predicted molar refractivity (Wildman–Crippen MR) is 117 cm³/mol. The van der Waals surface area contributed by atoms with Crippen molar-refractivity contribution in [2.45, 2.75) is 59.2 Å². The first-order chi connectivity index (χ1) is 13.3. The average molecular weight is 445 g/mol. The van der Waals surface area contributed by atoms with Crippen LogP contribution in [0.2, 0.25) is 0 Å². The zero-order valence-corrected chi connectivity index (χ0v) is 18.6. The Bertz CT molecular complexity index is 787. The van der Waals surface area contributed by atoms with Crippen LogP contribution in [0.1, 0.15) is 43.9 Å². The number of benzene rings is 2. The lowest BCUT2D eigenvalue weighted by molar-refractivity contribution is -0.140. The van der Waals surface area contributed by atoms with Crippen LogP contribution < -0.4 is 5.32 Å². The number of amides is 2. The number of hydrogen-bond acceptors (Lipinski definition) is 2. The van der Waals surface area contributed by atoms with Gasteiger partial charge in [0.25, 0.3) is 0 Å². The molecule has 1 N–H and O–H groups in total. The minimum absolute atomic E-state index is 0.0569. The average Bonchev–Trinajstić information content (AvgIpc) is 2.68. The summed E-state index contributed by atoms with van der Waals surface area (Å²) in [5.41, 5.74) is 3.10. The predicted octanol–water partition coefficient (Wildman–Crippen LogP) is 4.63. The van der Waals surface area contributed by atoms with Crippen LogP contribution in [-0.4, -0.2) is 28.8 Å². The van der Waals surface area contributed by atoms with Crippen LogP contribution in [-0.2, 0) is 22.6 Å². The first-order valence-corrected chi connectivity index (χ1v) is 10.5. The maximum Gasteiger partial charge on any atom is 0.242 e. The summed E-state index contributed by atoms with van der Waals surface area (Å²) in [4.78, 5) is 27.5. The normalized spacial score (nSPS) is 12.9. The van der Waals surface area contributed by atoms with E-state index in [1.54, 1.807) is 11.8 Å². The molecule has 0 radical (unpaired) electrons. The molecule has 28 heavy (non-hydrogen) atoms. The Hall–Kier alpha value is -2.14. The molecule has 2 amide bonds. The van der Waals surface area contributed by atoms with Gasteiger partial charge in [-0.2, -0.15) is 0 Å². The molecule has 0 fully saturated rings.